The molecule has 0 radical (unpaired) electrons. The molecule has 10 heteroatoms. The molecule has 0 saturated heterocycles. The maximum absolute atomic E-state index is 10.6. The molecule has 0 aliphatic carbocycles. The molecule has 0 amide bonds. The molecule has 0 saturated carbocycles. The summed E-state index contributed by atoms with van der Waals surface area (Å²) >= 11 is -2.55. The van der Waals surface area contributed by atoms with Crippen LogP contribution in [0.3, 0.4) is 0 Å². The smallest absolute Gasteiger partial charge is 0.302 e. The zero-order valence-electron chi connectivity index (χ0n) is 8.02. The van der Waals surface area contributed by atoms with Gasteiger partial charge < -0.3 is 4.55 Å². The molecule has 1 rings (SSSR count). The van der Waals surface area contributed by atoms with Gasteiger partial charge in [0, 0.05) is 6.07 Å². The number of benzene rings is 1. The van der Waals surface area contributed by atoms with Gasteiger partial charge >= 0.3 is 51.4 Å². The summed E-state index contributed by atoms with van der Waals surface area (Å²) in [6.45, 7) is 0. The molecule has 1 unspecified atom stereocenters. The fraction of sp³-hybridized carbons (Fsp3) is 0. The van der Waals surface area contributed by atoms with Crippen molar-refractivity contribution in [3.8, 4) is 0 Å². The van der Waals surface area contributed by atoms with Crippen molar-refractivity contribution in [2.45, 2.75) is 4.90 Å². The van der Waals surface area contributed by atoms with Gasteiger partial charge in [-0.1, -0.05) is 0 Å². The number of nitro benzene ring substituents is 2. The second-order valence-electron chi connectivity index (χ2n) is 2.42. The Kier molecular flexibility index (Phi) is 6.39. The minimum atomic E-state index is -2.55. The average Bonchev–Trinajstić information content (AvgIpc) is 2.16. The molecule has 0 aliphatic rings. The Labute approximate surface area is 134 Å². The van der Waals surface area contributed by atoms with E-state index in [0.717, 1.165) is 12.1 Å². The maximum Gasteiger partial charge on any atom is 1.00 e. The van der Waals surface area contributed by atoms with Crippen LogP contribution in [0.4, 0.5) is 11.4 Å². The van der Waals surface area contributed by atoms with Gasteiger partial charge in [0.2, 0.25) is 0 Å². The fourth-order valence-electron chi connectivity index (χ4n) is 0.910. The van der Waals surface area contributed by atoms with E-state index in [1.165, 1.54) is 0 Å². The van der Waals surface area contributed by atoms with Crippen LogP contribution in [-0.4, -0.2) is 18.6 Å². The van der Waals surface area contributed by atoms with Crippen LogP contribution < -0.4 is 51.4 Å². The van der Waals surface area contributed by atoms with Crippen molar-refractivity contribution >= 4 is 22.5 Å². The molecule has 0 fully saturated rings. The molecule has 1 aromatic rings. The number of nitrogens with zero attached hydrogens (tertiary/aromatic N) is 2. The van der Waals surface area contributed by atoms with Crippen molar-refractivity contribution in [3.63, 3.8) is 0 Å². The molecule has 8 nitrogen and oxygen atoms in total. The van der Waals surface area contributed by atoms with Gasteiger partial charge in [0.1, 0.15) is 4.90 Å². The van der Waals surface area contributed by atoms with Crippen LogP contribution in [0.1, 0.15) is 0 Å². The Morgan fingerprint density at radius 3 is 2.12 bits per heavy atom. The number of hydrogen-bond acceptors (Lipinski definition) is 5. The largest absolute Gasteiger partial charge is 1.00 e. The Hall–Kier alpha value is -0.234. The van der Waals surface area contributed by atoms with Crippen LogP contribution in [-0.2, 0) is 11.1 Å². The summed E-state index contributed by atoms with van der Waals surface area (Å²) in [4.78, 5) is 18.5. The topological polar surface area (TPSA) is 124 Å². The zero-order valence-corrected chi connectivity index (χ0v) is 12.0. The van der Waals surface area contributed by atoms with Crippen LogP contribution in [0.2, 0.25) is 0 Å². The summed E-state index contributed by atoms with van der Waals surface area (Å²) in [5, 5.41) is 20.7. The summed E-state index contributed by atoms with van der Waals surface area (Å²) in [6, 6.07) is 2.45. The molecular weight excluding hydrogens is 267 g/mol. The molecule has 80 valence electrons. The van der Waals surface area contributed by atoms with Crippen molar-refractivity contribution in [2.75, 3.05) is 0 Å². The van der Waals surface area contributed by atoms with Crippen LogP contribution in [0.5, 0.6) is 0 Å². The van der Waals surface area contributed by atoms with Crippen molar-refractivity contribution in [1.82, 2.24) is 0 Å². The normalized spacial score (nSPS) is 11.3. The minimum absolute atomic E-state index is 0. The standard InChI is InChI=1S/C6H4N2O6S.K/c9-7(10)4-1-2-6(15(13)14)5(3-4)8(11)12;/h1-3H,(H,13,14);/q;+1. The number of rotatable bonds is 3. The first-order valence-corrected chi connectivity index (χ1v) is 4.58. The first-order valence-electron chi connectivity index (χ1n) is 3.47. The van der Waals surface area contributed by atoms with Crippen molar-refractivity contribution in [2.24, 2.45) is 0 Å². The molecular formula is C6H4KN2O6S+. The molecule has 1 aromatic carbocycles. The summed E-state index contributed by atoms with van der Waals surface area (Å²) in [7, 11) is 0. The van der Waals surface area contributed by atoms with E-state index in [2.05, 4.69) is 0 Å². The number of hydrogen-bond donors (Lipinski definition) is 1. The second-order valence-corrected chi connectivity index (χ2v) is 3.35. The Morgan fingerprint density at radius 1 is 1.19 bits per heavy atom. The maximum atomic E-state index is 10.6. The van der Waals surface area contributed by atoms with E-state index >= 15 is 0 Å². The molecule has 16 heavy (non-hydrogen) atoms. The molecule has 0 heterocycles. The fourth-order valence-corrected chi connectivity index (χ4v) is 1.41. The van der Waals surface area contributed by atoms with Gasteiger partial charge in [-0.15, -0.1) is 0 Å². The zero-order chi connectivity index (χ0) is 11.6. The van der Waals surface area contributed by atoms with E-state index in [-0.39, 0.29) is 51.4 Å². The first-order chi connectivity index (χ1) is 6.93. The van der Waals surface area contributed by atoms with Gasteiger partial charge in [0.05, 0.1) is 15.9 Å². The molecule has 0 aliphatic heterocycles. The van der Waals surface area contributed by atoms with Crippen LogP contribution in [0.15, 0.2) is 23.1 Å². The van der Waals surface area contributed by atoms with E-state index in [1.54, 1.807) is 0 Å². The van der Waals surface area contributed by atoms with Gasteiger partial charge in [-0.25, -0.2) is 4.21 Å². The average molecular weight is 271 g/mol. The Bertz CT molecular complexity index is 464. The minimum Gasteiger partial charge on any atom is -0.302 e. The summed E-state index contributed by atoms with van der Waals surface area (Å²) < 4.78 is 19.3. The first kappa shape index (κ1) is 15.8. The monoisotopic (exact) mass is 271 g/mol. The van der Waals surface area contributed by atoms with Gasteiger partial charge in [0.15, 0.2) is 11.1 Å². The predicted molar refractivity (Wildman–Crippen MR) is 48.8 cm³/mol. The van der Waals surface area contributed by atoms with Gasteiger partial charge in [-0.05, 0) is 6.07 Å². The van der Waals surface area contributed by atoms with Gasteiger partial charge in [-0.3, -0.25) is 20.2 Å². The third kappa shape index (κ3) is 3.66. The number of nitro groups is 2. The predicted octanol–water partition coefficient (Wildman–Crippen LogP) is -1.91. The van der Waals surface area contributed by atoms with E-state index in [0.29, 0.717) is 6.07 Å². The summed E-state index contributed by atoms with van der Waals surface area (Å²) in [5.74, 6) is 0. The van der Waals surface area contributed by atoms with E-state index in [1.807, 2.05) is 0 Å². The quantitative estimate of drug-likeness (QED) is 0.296. The summed E-state index contributed by atoms with van der Waals surface area (Å²) in [5.41, 5.74) is -1.25. The Morgan fingerprint density at radius 2 is 1.75 bits per heavy atom. The van der Waals surface area contributed by atoms with E-state index in [9.17, 15) is 24.4 Å². The Balaban J connectivity index is 0.00000225. The van der Waals surface area contributed by atoms with Gasteiger partial charge in [-0.2, -0.15) is 0 Å². The summed E-state index contributed by atoms with van der Waals surface area (Å²) in [6.07, 6.45) is 0. The second kappa shape index (κ2) is 6.49. The number of non-ortho nitro benzene ring substituents is 1. The van der Waals surface area contributed by atoms with Crippen LogP contribution in [0, 0.1) is 20.2 Å². The van der Waals surface area contributed by atoms with Gasteiger partial charge in [0.25, 0.3) is 11.4 Å². The van der Waals surface area contributed by atoms with Crippen molar-refractivity contribution < 1.29 is 70.0 Å². The third-order valence-electron chi connectivity index (χ3n) is 1.54. The molecule has 0 spiro atoms. The van der Waals surface area contributed by atoms with Crippen LogP contribution >= 0.6 is 0 Å². The SMILES string of the molecule is O=[N+]([O-])c1ccc(S(=O)O)c([N+](=O)[O-])c1.[K+]. The van der Waals surface area contributed by atoms with Crippen molar-refractivity contribution in [3.05, 3.63) is 38.4 Å². The molecule has 0 bridgehead atoms. The van der Waals surface area contributed by atoms with E-state index < -0.39 is 37.2 Å². The van der Waals surface area contributed by atoms with E-state index in [4.69, 9.17) is 4.55 Å². The molecule has 1 atom stereocenters. The third-order valence-corrected chi connectivity index (χ3v) is 2.26. The molecule has 0 aromatic heterocycles. The van der Waals surface area contributed by atoms with Crippen molar-refractivity contribution in [1.29, 1.82) is 0 Å². The molecule has 1 N–H and O–H groups in total. The van der Waals surface area contributed by atoms with Crippen LogP contribution in [0.25, 0.3) is 0 Å².